The molecule has 1 N–H and O–H groups in total. The van der Waals surface area contributed by atoms with E-state index in [0.29, 0.717) is 22.8 Å². The van der Waals surface area contributed by atoms with Crippen LogP contribution < -0.4 is 5.32 Å². The second-order valence-corrected chi connectivity index (χ2v) is 5.17. The Morgan fingerprint density at radius 3 is 2.94 bits per heavy atom. The first-order valence-electron chi connectivity index (χ1n) is 6.14. The maximum atomic E-state index is 11.8. The Labute approximate surface area is 117 Å². The van der Waals surface area contributed by atoms with Gasteiger partial charge in [-0.2, -0.15) is 0 Å². The van der Waals surface area contributed by atoms with Gasteiger partial charge >= 0.3 is 0 Å². The van der Waals surface area contributed by atoms with Crippen LogP contribution in [-0.4, -0.2) is 42.0 Å². The van der Waals surface area contributed by atoms with Crippen molar-refractivity contribution in [3.8, 4) is 0 Å². The molecule has 4 nitrogen and oxygen atoms in total. The molecule has 1 amide bonds. The van der Waals surface area contributed by atoms with E-state index in [4.69, 9.17) is 0 Å². The summed E-state index contributed by atoms with van der Waals surface area (Å²) in [4.78, 5) is 18.1. The first-order chi connectivity index (χ1) is 8.54. The number of likely N-dealkylation sites (N-methyl/N-ethyl adjacent to an activating group) is 1. The predicted molar refractivity (Wildman–Crippen MR) is 76.7 cm³/mol. The van der Waals surface area contributed by atoms with Gasteiger partial charge in [0.1, 0.15) is 4.60 Å². The molecule has 5 heteroatoms. The highest BCUT2D eigenvalue weighted by Gasteiger charge is 2.08. The fourth-order valence-corrected chi connectivity index (χ4v) is 1.89. The average Bonchev–Trinajstić information content (AvgIpc) is 2.37. The van der Waals surface area contributed by atoms with Gasteiger partial charge in [0.05, 0.1) is 0 Å². The fourth-order valence-electron chi connectivity index (χ4n) is 1.52. The van der Waals surface area contributed by atoms with Crippen LogP contribution in [0.25, 0.3) is 0 Å². The van der Waals surface area contributed by atoms with Crippen molar-refractivity contribution in [3.63, 3.8) is 0 Å². The molecule has 0 aliphatic rings. The minimum absolute atomic E-state index is 0.0596. The Morgan fingerprint density at radius 1 is 1.61 bits per heavy atom. The smallest absolute Gasteiger partial charge is 0.251 e. The molecule has 0 saturated heterocycles. The molecule has 0 spiro atoms. The molecule has 1 aromatic rings. The number of carbonyl (C=O) groups is 1. The zero-order valence-electron chi connectivity index (χ0n) is 11.1. The Hall–Kier alpha value is -0.940. The van der Waals surface area contributed by atoms with Crippen molar-refractivity contribution in [3.05, 3.63) is 28.5 Å². The SMILES string of the molecule is CCC(C)N(C)CCNC(=O)c1ccnc(Br)c1. The van der Waals surface area contributed by atoms with Gasteiger partial charge in [0.25, 0.3) is 5.91 Å². The van der Waals surface area contributed by atoms with Crippen molar-refractivity contribution in [2.24, 2.45) is 0 Å². The summed E-state index contributed by atoms with van der Waals surface area (Å²) in [6, 6.07) is 3.96. The Kier molecular flexibility index (Phi) is 6.29. The average molecular weight is 314 g/mol. The molecule has 0 aromatic carbocycles. The molecule has 18 heavy (non-hydrogen) atoms. The van der Waals surface area contributed by atoms with Gasteiger partial charge in [0.2, 0.25) is 0 Å². The van der Waals surface area contributed by atoms with Crippen LogP contribution in [0.5, 0.6) is 0 Å². The zero-order chi connectivity index (χ0) is 13.5. The molecule has 1 heterocycles. The van der Waals surface area contributed by atoms with E-state index in [2.05, 4.69) is 52.0 Å². The van der Waals surface area contributed by atoms with E-state index in [1.54, 1.807) is 18.3 Å². The second-order valence-electron chi connectivity index (χ2n) is 4.36. The third-order valence-electron chi connectivity index (χ3n) is 3.08. The number of hydrogen-bond acceptors (Lipinski definition) is 3. The number of rotatable bonds is 6. The van der Waals surface area contributed by atoms with Gasteiger partial charge in [-0.15, -0.1) is 0 Å². The summed E-state index contributed by atoms with van der Waals surface area (Å²) in [7, 11) is 2.07. The van der Waals surface area contributed by atoms with E-state index >= 15 is 0 Å². The van der Waals surface area contributed by atoms with Crippen molar-refractivity contribution in [1.82, 2.24) is 15.2 Å². The topological polar surface area (TPSA) is 45.2 Å². The lowest BCUT2D eigenvalue weighted by atomic mass is 10.2. The number of nitrogens with one attached hydrogen (secondary N) is 1. The Morgan fingerprint density at radius 2 is 2.33 bits per heavy atom. The summed E-state index contributed by atoms with van der Waals surface area (Å²) in [5, 5.41) is 2.91. The van der Waals surface area contributed by atoms with Gasteiger partial charge in [0.15, 0.2) is 0 Å². The minimum atomic E-state index is -0.0596. The fraction of sp³-hybridized carbons (Fsp3) is 0.538. The normalized spacial score (nSPS) is 12.5. The van der Waals surface area contributed by atoms with Gasteiger partial charge in [0, 0.05) is 30.9 Å². The summed E-state index contributed by atoms with van der Waals surface area (Å²) in [5.41, 5.74) is 0.628. The maximum absolute atomic E-state index is 11.8. The highest BCUT2D eigenvalue weighted by Crippen LogP contribution is 2.07. The van der Waals surface area contributed by atoms with Crippen molar-refractivity contribution in [1.29, 1.82) is 0 Å². The first kappa shape index (κ1) is 15.1. The van der Waals surface area contributed by atoms with Gasteiger partial charge < -0.3 is 10.2 Å². The quantitative estimate of drug-likeness (QED) is 0.820. The van der Waals surface area contributed by atoms with E-state index in [9.17, 15) is 4.79 Å². The molecule has 1 atom stereocenters. The molecule has 100 valence electrons. The first-order valence-corrected chi connectivity index (χ1v) is 6.94. The van der Waals surface area contributed by atoms with Crippen LogP contribution in [0.1, 0.15) is 30.6 Å². The predicted octanol–water partition coefficient (Wildman–Crippen LogP) is 2.30. The Balaban J connectivity index is 2.38. The van der Waals surface area contributed by atoms with Gasteiger partial charge in [-0.3, -0.25) is 4.79 Å². The lowest BCUT2D eigenvalue weighted by Crippen LogP contribution is -2.37. The Bertz CT molecular complexity index is 398. The van der Waals surface area contributed by atoms with E-state index in [1.165, 1.54) is 0 Å². The number of amides is 1. The summed E-state index contributed by atoms with van der Waals surface area (Å²) < 4.78 is 0.673. The highest BCUT2D eigenvalue weighted by atomic mass is 79.9. The van der Waals surface area contributed by atoms with Gasteiger partial charge in [-0.05, 0) is 48.5 Å². The number of aromatic nitrogens is 1. The highest BCUT2D eigenvalue weighted by molar-refractivity contribution is 9.10. The van der Waals surface area contributed by atoms with Crippen LogP contribution in [0.15, 0.2) is 22.9 Å². The van der Waals surface area contributed by atoms with Crippen molar-refractivity contribution < 1.29 is 4.79 Å². The molecule has 0 aliphatic carbocycles. The third kappa shape index (κ3) is 4.74. The number of halogens is 1. The summed E-state index contributed by atoms with van der Waals surface area (Å²) in [6.45, 7) is 5.85. The number of pyridine rings is 1. The molecule has 1 aromatic heterocycles. The van der Waals surface area contributed by atoms with Crippen LogP contribution in [0.3, 0.4) is 0 Å². The molecule has 0 fully saturated rings. The van der Waals surface area contributed by atoms with Crippen LogP contribution in [0, 0.1) is 0 Å². The minimum Gasteiger partial charge on any atom is -0.351 e. The van der Waals surface area contributed by atoms with E-state index in [1.807, 2.05) is 0 Å². The van der Waals surface area contributed by atoms with Crippen molar-refractivity contribution in [2.45, 2.75) is 26.3 Å². The molecule has 1 unspecified atom stereocenters. The second kappa shape index (κ2) is 7.48. The lowest BCUT2D eigenvalue weighted by Gasteiger charge is -2.23. The lowest BCUT2D eigenvalue weighted by molar-refractivity contribution is 0.0947. The molecule has 1 rings (SSSR count). The standard InChI is InChI=1S/C13H20BrN3O/c1-4-10(2)17(3)8-7-16-13(18)11-5-6-15-12(14)9-11/h5-6,9-10H,4,7-8H2,1-3H3,(H,16,18). The largest absolute Gasteiger partial charge is 0.351 e. The van der Waals surface area contributed by atoms with Crippen LogP contribution in [0.2, 0.25) is 0 Å². The number of nitrogens with zero attached hydrogens (tertiary/aromatic N) is 2. The zero-order valence-corrected chi connectivity index (χ0v) is 12.7. The van der Waals surface area contributed by atoms with E-state index in [0.717, 1.165) is 13.0 Å². The van der Waals surface area contributed by atoms with Crippen LogP contribution >= 0.6 is 15.9 Å². The van der Waals surface area contributed by atoms with E-state index in [-0.39, 0.29) is 5.91 Å². The van der Waals surface area contributed by atoms with Gasteiger partial charge in [-0.25, -0.2) is 4.98 Å². The third-order valence-corrected chi connectivity index (χ3v) is 3.52. The number of hydrogen-bond donors (Lipinski definition) is 1. The molecule has 0 aliphatic heterocycles. The summed E-state index contributed by atoms with van der Waals surface area (Å²) in [6.07, 6.45) is 2.73. The molecule has 0 saturated carbocycles. The summed E-state index contributed by atoms with van der Waals surface area (Å²) >= 11 is 3.25. The van der Waals surface area contributed by atoms with Crippen molar-refractivity contribution in [2.75, 3.05) is 20.1 Å². The molecule has 0 bridgehead atoms. The van der Waals surface area contributed by atoms with E-state index < -0.39 is 0 Å². The van der Waals surface area contributed by atoms with Crippen molar-refractivity contribution >= 4 is 21.8 Å². The number of carbonyl (C=O) groups excluding carboxylic acids is 1. The maximum Gasteiger partial charge on any atom is 0.251 e. The summed E-state index contributed by atoms with van der Waals surface area (Å²) in [5.74, 6) is -0.0596. The van der Waals surface area contributed by atoms with Crippen LogP contribution in [0.4, 0.5) is 0 Å². The van der Waals surface area contributed by atoms with Crippen LogP contribution in [-0.2, 0) is 0 Å². The monoisotopic (exact) mass is 313 g/mol. The molecular weight excluding hydrogens is 294 g/mol. The van der Waals surface area contributed by atoms with Gasteiger partial charge in [-0.1, -0.05) is 6.92 Å². The molecule has 0 radical (unpaired) electrons. The molecular formula is C13H20BrN3O.